The minimum atomic E-state index is -3.75. The number of aromatic nitrogens is 1. The van der Waals surface area contributed by atoms with Gasteiger partial charge in [-0.3, -0.25) is 14.4 Å². The maximum Gasteiger partial charge on any atom is 0.261 e. The zero-order chi connectivity index (χ0) is 28.1. The molecule has 0 bridgehead atoms. The molecule has 1 aliphatic heterocycles. The Kier molecular flexibility index (Phi) is 8.75. The number of hydrogen-bond acceptors (Lipinski definition) is 8. The smallest absolute Gasteiger partial charge is 0.261 e. The van der Waals surface area contributed by atoms with Gasteiger partial charge in [-0.15, -0.1) is 0 Å². The molecule has 210 valence electrons. The first-order valence-electron chi connectivity index (χ1n) is 13.0. The molecular formula is C28H30ClN5O4S2. The summed E-state index contributed by atoms with van der Waals surface area (Å²) in [6, 6.07) is 18.3. The van der Waals surface area contributed by atoms with E-state index in [0.717, 1.165) is 53.8 Å². The van der Waals surface area contributed by atoms with Crippen LogP contribution in [-0.2, 0) is 10.0 Å². The average Bonchev–Trinajstić information content (AvgIpc) is 3.39. The summed E-state index contributed by atoms with van der Waals surface area (Å²) in [7, 11) is -3.75. The Morgan fingerprint density at radius 2 is 1.75 bits per heavy atom. The van der Waals surface area contributed by atoms with Crippen molar-refractivity contribution in [1.82, 2.24) is 15.2 Å². The maximum absolute atomic E-state index is 12.6. The van der Waals surface area contributed by atoms with Crippen LogP contribution in [0.3, 0.4) is 0 Å². The van der Waals surface area contributed by atoms with E-state index < -0.39 is 10.0 Å². The second-order valence-electron chi connectivity index (χ2n) is 9.25. The van der Waals surface area contributed by atoms with Gasteiger partial charge in [0.1, 0.15) is 11.3 Å². The van der Waals surface area contributed by atoms with Crippen LogP contribution in [0.5, 0.6) is 5.75 Å². The van der Waals surface area contributed by atoms with Crippen LogP contribution in [-0.4, -0.2) is 70.1 Å². The van der Waals surface area contributed by atoms with Gasteiger partial charge in [-0.05, 0) is 67.6 Å². The quantitative estimate of drug-likeness (QED) is 0.272. The first-order valence-corrected chi connectivity index (χ1v) is 15.7. The van der Waals surface area contributed by atoms with Crippen molar-refractivity contribution < 1.29 is 17.9 Å². The Bertz CT molecular complexity index is 1570. The van der Waals surface area contributed by atoms with E-state index in [1.54, 1.807) is 35.6 Å². The van der Waals surface area contributed by atoms with Crippen LogP contribution in [0.4, 0.5) is 10.8 Å². The molecule has 2 N–H and O–H groups in total. The van der Waals surface area contributed by atoms with Crippen LogP contribution in [0.2, 0.25) is 5.02 Å². The number of anilines is 2. The van der Waals surface area contributed by atoms with Gasteiger partial charge in [0.15, 0.2) is 5.13 Å². The molecule has 4 aromatic rings. The minimum absolute atomic E-state index is 0.107. The second-order valence-corrected chi connectivity index (χ2v) is 12.4. The number of amides is 1. The Morgan fingerprint density at radius 1 is 1.02 bits per heavy atom. The van der Waals surface area contributed by atoms with Crippen molar-refractivity contribution in [2.24, 2.45) is 0 Å². The minimum Gasteiger partial charge on any atom is -0.492 e. The summed E-state index contributed by atoms with van der Waals surface area (Å²) in [6.07, 6.45) is 0. The van der Waals surface area contributed by atoms with Crippen molar-refractivity contribution in [3.8, 4) is 5.75 Å². The van der Waals surface area contributed by atoms with Crippen molar-refractivity contribution in [3.05, 3.63) is 77.3 Å². The number of ether oxygens (including phenoxy) is 1. The topological polar surface area (TPSA) is 104 Å². The number of halogens is 1. The lowest BCUT2D eigenvalue weighted by atomic mass is 10.2. The van der Waals surface area contributed by atoms with Crippen molar-refractivity contribution in [3.63, 3.8) is 0 Å². The summed E-state index contributed by atoms with van der Waals surface area (Å²) in [4.78, 5) is 22.2. The summed E-state index contributed by atoms with van der Waals surface area (Å²) < 4.78 is 34.5. The van der Waals surface area contributed by atoms with E-state index in [1.165, 1.54) is 24.3 Å². The number of nitrogens with zero attached hydrogens (tertiary/aromatic N) is 3. The summed E-state index contributed by atoms with van der Waals surface area (Å²) >= 11 is 7.52. The molecule has 40 heavy (non-hydrogen) atoms. The van der Waals surface area contributed by atoms with E-state index in [9.17, 15) is 13.2 Å². The molecule has 0 saturated carbocycles. The molecule has 1 aliphatic rings. The van der Waals surface area contributed by atoms with Crippen LogP contribution in [0.15, 0.2) is 71.6 Å². The van der Waals surface area contributed by atoms with Gasteiger partial charge in [0.05, 0.1) is 16.2 Å². The zero-order valence-electron chi connectivity index (χ0n) is 22.0. The first-order chi connectivity index (χ1) is 19.3. The molecular weight excluding hydrogens is 570 g/mol. The standard InChI is InChI=1S/C28H30ClN5O4S2/c1-2-38-24-4-3-5-25-26(24)31-28(39-25)34-18-16-33(17-19-34)15-14-30-27(35)20-6-10-22(11-7-20)32-40(36,37)23-12-8-21(29)9-13-23/h3-13,32H,2,14-19H2,1H3,(H,30,35). The van der Waals surface area contributed by atoms with Gasteiger partial charge in [0.2, 0.25) is 0 Å². The molecule has 0 aliphatic carbocycles. The maximum atomic E-state index is 12.6. The van der Waals surface area contributed by atoms with Crippen LogP contribution in [0, 0.1) is 0 Å². The molecule has 12 heteroatoms. The number of benzene rings is 3. The van der Waals surface area contributed by atoms with Crippen LogP contribution in [0.1, 0.15) is 17.3 Å². The van der Waals surface area contributed by atoms with E-state index in [4.69, 9.17) is 21.3 Å². The van der Waals surface area contributed by atoms with Gasteiger partial charge in [0.25, 0.3) is 15.9 Å². The van der Waals surface area contributed by atoms with E-state index in [-0.39, 0.29) is 10.8 Å². The number of thiazole rings is 1. The highest BCUT2D eigenvalue weighted by molar-refractivity contribution is 7.92. The highest BCUT2D eigenvalue weighted by Crippen LogP contribution is 2.34. The molecule has 0 radical (unpaired) electrons. The fourth-order valence-corrected chi connectivity index (χ4v) is 6.65. The molecule has 0 spiro atoms. The Hall–Kier alpha value is -3.38. The van der Waals surface area contributed by atoms with E-state index in [2.05, 4.69) is 25.9 Å². The summed E-state index contributed by atoms with van der Waals surface area (Å²) in [5.74, 6) is 0.621. The van der Waals surface area contributed by atoms with Crippen LogP contribution < -0.4 is 19.7 Å². The number of carbonyl (C=O) groups excluding carboxylic acids is 1. The van der Waals surface area contributed by atoms with Gasteiger partial charge in [-0.1, -0.05) is 29.0 Å². The number of carbonyl (C=O) groups is 1. The molecule has 1 amide bonds. The van der Waals surface area contributed by atoms with Crippen molar-refractivity contribution in [1.29, 1.82) is 0 Å². The highest BCUT2D eigenvalue weighted by atomic mass is 35.5. The fourth-order valence-electron chi connectivity index (χ4n) is 4.43. The van der Waals surface area contributed by atoms with Gasteiger partial charge >= 0.3 is 0 Å². The van der Waals surface area contributed by atoms with E-state index >= 15 is 0 Å². The molecule has 3 aromatic carbocycles. The average molecular weight is 600 g/mol. The second kappa shape index (κ2) is 12.4. The Labute approximate surface area is 242 Å². The van der Waals surface area contributed by atoms with E-state index in [1.807, 2.05) is 19.1 Å². The summed E-state index contributed by atoms with van der Waals surface area (Å²) in [5.41, 5.74) is 1.75. The number of para-hydroxylation sites is 1. The predicted molar refractivity (Wildman–Crippen MR) is 160 cm³/mol. The predicted octanol–water partition coefficient (Wildman–Crippen LogP) is 4.70. The first kappa shape index (κ1) is 28.2. The molecule has 9 nitrogen and oxygen atoms in total. The number of hydrogen-bond donors (Lipinski definition) is 2. The number of sulfonamides is 1. The third-order valence-corrected chi connectivity index (χ3v) is 9.28. The number of fused-ring (bicyclic) bond motifs is 1. The van der Waals surface area contributed by atoms with Gasteiger partial charge < -0.3 is 15.0 Å². The molecule has 0 atom stereocenters. The lowest BCUT2D eigenvalue weighted by Gasteiger charge is -2.34. The number of rotatable bonds is 10. The molecule has 1 saturated heterocycles. The van der Waals surface area contributed by atoms with Crippen LogP contribution >= 0.6 is 22.9 Å². The fraction of sp³-hybridized carbons (Fsp3) is 0.286. The monoisotopic (exact) mass is 599 g/mol. The molecule has 1 fully saturated rings. The lowest BCUT2D eigenvalue weighted by molar-refractivity contribution is 0.0948. The van der Waals surface area contributed by atoms with Crippen molar-refractivity contribution in [2.45, 2.75) is 11.8 Å². The largest absolute Gasteiger partial charge is 0.492 e. The SMILES string of the molecule is CCOc1cccc2sc(N3CCN(CCNC(=O)c4ccc(NS(=O)(=O)c5ccc(Cl)cc5)cc4)CC3)nc12. The Morgan fingerprint density at radius 3 is 2.45 bits per heavy atom. The summed E-state index contributed by atoms with van der Waals surface area (Å²) in [5, 5.41) is 4.42. The zero-order valence-corrected chi connectivity index (χ0v) is 24.4. The number of piperazine rings is 1. The molecule has 2 heterocycles. The van der Waals surface area contributed by atoms with Crippen molar-refractivity contribution in [2.75, 3.05) is 55.5 Å². The molecule has 0 unspecified atom stereocenters. The van der Waals surface area contributed by atoms with Gasteiger partial charge in [0, 0.05) is 55.5 Å². The molecule has 1 aromatic heterocycles. The lowest BCUT2D eigenvalue weighted by Crippen LogP contribution is -2.48. The molecule has 5 rings (SSSR count). The third-order valence-electron chi connectivity index (χ3n) is 6.55. The Balaban J connectivity index is 1.07. The van der Waals surface area contributed by atoms with Crippen LogP contribution in [0.25, 0.3) is 10.2 Å². The van der Waals surface area contributed by atoms with Crippen molar-refractivity contribution >= 4 is 59.9 Å². The number of nitrogens with one attached hydrogen (secondary N) is 2. The van der Waals surface area contributed by atoms with Gasteiger partial charge in [-0.2, -0.15) is 0 Å². The highest BCUT2D eigenvalue weighted by Gasteiger charge is 2.21. The third kappa shape index (κ3) is 6.67. The summed E-state index contributed by atoms with van der Waals surface area (Å²) in [6.45, 7) is 7.34. The van der Waals surface area contributed by atoms with Gasteiger partial charge in [-0.25, -0.2) is 13.4 Å². The van der Waals surface area contributed by atoms with E-state index in [0.29, 0.717) is 29.4 Å². The normalized spacial score (nSPS) is 14.3.